The van der Waals surface area contributed by atoms with Gasteiger partial charge in [-0.3, -0.25) is 0 Å². The van der Waals surface area contributed by atoms with Crippen molar-refractivity contribution in [3.05, 3.63) is 35.5 Å². The lowest BCUT2D eigenvalue weighted by Gasteiger charge is -2.11. The molecule has 1 unspecified atom stereocenters. The van der Waals surface area contributed by atoms with Crippen LogP contribution < -0.4 is 5.32 Å². The highest BCUT2D eigenvalue weighted by Gasteiger charge is 2.10. The molecule has 0 spiro atoms. The Morgan fingerprint density at radius 3 is 2.95 bits per heavy atom. The molecule has 2 rings (SSSR count). The molecule has 2 aromatic rings. The van der Waals surface area contributed by atoms with Crippen molar-refractivity contribution in [2.75, 3.05) is 0 Å². The van der Waals surface area contributed by atoms with Gasteiger partial charge in [0.2, 0.25) is 5.89 Å². The van der Waals surface area contributed by atoms with E-state index in [9.17, 15) is 0 Å². The molecule has 0 bridgehead atoms. The molecule has 0 saturated carbocycles. The molecule has 6 nitrogen and oxygen atoms in total. The lowest BCUT2D eigenvalue weighted by molar-refractivity contribution is 0.367. The molecule has 2 heterocycles. The zero-order valence-corrected chi connectivity index (χ0v) is 12.3. The molecular weight excluding hydrogens is 254 g/mol. The fourth-order valence-corrected chi connectivity index (χ4v) is 1.86. The van der Waals surface area contributed by atoms with Crippen molar-refractivity contribution in [1.29, 1.82) is 0 Å². The minimum Gasteiger partial charge on any atom is -0.339 e. The summed E-state index contributed by atoms with van der Waals surface area (Å²) < 4.78 is 5.20. The highest BCUT2D eigenvalue weighted by atomic mass is 16.5. The second kappa shape index (κ2) is 7.09. The molecule has 0 radical (unpaired) electrons. The summed E-state index contributed by atoms with van der Waals surface area (Å²) in [5.74, 6) is 2.18. The van der Waals surface area contributed by atoms with Gasteiger partial charge in [0.05, 0.1) is 12.2 Å². The van der Waals surface area contributed by atoms with Crippen LogP contribution in [0.5, 0.6) is 0 Å². The molecule has 0 amide bonds. The number of aryl methyl sites for hydroxylation is 2. The Morgan fingerprint density at radius 1 is 1.35 bits per heavy atom. The van der Waals surface area contributed by atoms with Gasteiger partial charge in [-0.25, -0.2) is 9.97 Å². The Hall–Kier alpha value is -1.82. The highest BCUT2D eigenvalue weighted by Crippen LogP contribution is 2.09. The number of aromatic nitrogens is 4. The fourth-order valence-electron chi connectivity index (χ4n) is 1.86. The van der Waals surface area contributed by atoms with Crippen LogP contribution >= 0.6 is 0 Å². The molecule has 2 aromatic heterocycles. The average Bonchev–Trinajstić information content (AvgIpc) is 2.90. The molecule has 1 atom stereocenters. The van der Waals surface area contributed by atoms with E-state index in [1.165, 1.54) is 0 Å². The van der Waals surface area contributed by atoms with Gasteiger partial charge in [0.25, 0.3) is 0 Å². The van der Waals surface area contributed by atoms with E-state index in [2.05, 4.69) is 39.3 Å². The summed E-state index contributed by atoms with van der Waals surface area (Å²) in [6.07, 6.45) is 4.82. The molecule has 0 saturated heterocycles. The molecular formula is C14H21N5O. The van der Waals surface area contributed by atoms with Crippen molar-refractivity contribution in [3.63, 3.8) is 0 Å². The van der Waals surface area contributed by atoms with Crippen LogP contribution in [0.25, 0.3) is 0 Å². The number of rotatable bonds is 7. The van der Waals surface area contributed by atoms with Crippen molar-refractivity contribution >= 4 is 0 Å². The Balaban J connectivity index is 1.86. The first-order valence-electron chi connectivity index (χ1n) is 7.03. The Morgan fingerprint density at radius 2 is 2.20 bits per heavy atom. The molecule has 0 aliphatic heterocycles. The lowest BCUT2D eigenvalue weighted by Crippen LogP contribution is -2.20. The fraction of sp³-hybridized carbons (Fsp3) is 0.571. The maximum atomic E-state index is 5.20. The van der Waals surface area contributed by atoms with Crippen molar-refractivity contribution < 1.29 is 4.52 Å². The van der Waals surface area contributed by atoms with Gasteiger partial charge in [0, 0.05) is 18.7 Å². The van der Waals surface area contributed by atoms with Crippen molar-refractivity contribution in [2.45, 2.75) is 52.6 Å². The molecule has 0 aliphatic carbocycles. The molecule has 0 aromatic carbocycles. The van der Waals surface area contributed by atoms with Gasteiger partial charge in [-0.2, -0.15) is 4.98 Å². The molecule has 1 N–H and O–H groups in total. The zero-order valence-electron chi connectivity index (χ0n) is 12.3. The predicted molar refractivity (Wildman–Crippen MR) is 74.9 cm³/mol. The summed E-state index contributed by atoms with van der Waals surface area (Å²) in [6.45, 7) is 6.65. The lowest BCUT2D eigenvalue weighted by atomic mass is 10.2. The zero-order chi connectivity index (χ0) is 14.4. The third-order valence-electron chi connectivity index (χ3n) is 3.06. The highest BCUT2D eigenvalue weighted by molar-refractivity contribution is 5.06. The van der Waals surface area contributed by atoms with Gasteiger partial charge < -0.3 is 9.84 Å². The first-order valence-corrected chi connectivity index (χ1v) is 7.03. The van der Waals surface area contributed by atoms with Crippen LogP contribution in [0, 0.1) is 6.92 Å². The van der Waals surface area contributed by atoms with Gasteiger partial charge >= 0.3 is 0 Å². The second-order valence-corrected chi connectivity index (χ2v) is 4.84. The molecule has 0 aliphatic rings. The number of nitrogens with zero attached hydrogens (tertiary/aromatic N) is 4. The van der Waals surface area contributed by atoms with E-state index >= 15 is 0 Å². The molecule has 0 fully saturated rings. The second-order valence-electron chi connectivity index (χ2n) is 4.84. The van der Waals surface area contributed by atoms with Crippen LogP contribution in [0.1, 0.15) is 56.0 Å². The van der Waals surface area contributed by atoms with Crippen LogP contribution in [0.3, 0.4) is 0 Å². The monoisotopic (exact) mass is 275 g/mol. The predicted octanol–water partition coefficient (Wildman–Crippen LogP) is 2.36. The SMILES string of the molecule is CCCCc1nc(CNC(C)c2ccnc(C)n2)no1. The van der Waals surface area contributed by atoms with Gasteiger partial charge in [0.15, 0.2) is 5.82 Å². The van der Waals surface area contributed by atoms with Gasteiger partial charge in [-0.15, -0.1) is 0 Å². The van der Waals surface area contributed by atoms with Crippen LogP contribution in [0.4, 0.5) is 0 Å². The van der Waals surface area contributed by atoms with Gasteiger partial charge in [-0.05, 0) is 26.3 Å². The molecule has 20 heavy (non-hydrogen) atoms. The summed E-state index contributed by atoms with van der Waals surface area (Å²) in [6, 6.07) is 2.03. The van der Waals surface area contributed by atoms with Gasteiger partial charge in [-0.1, -0.05) is 18.5 Å². The van der Waals surface area contributed by atoms with Crippen LogP contribution in [0.15, 0.2) is 16.8 Å². The number of nitrogens with one attached hydrogen (secondary N) is 1. The first-order chi connectivity index (χ1) is 9.69. The number of unbranched alkanes of at least 4 members (excludes halogenated alkanes) is 1. The van der Waals surface area contributed by atoms with Crippen LogP contribution in [0.2, 0.25) is 0 Å². The maximum absolute atomic E-state index is 5.20. The summed E-state index contributed by atoms with van der Waals surface area (Å²) in [5, 5.41) is 7.31. The first kappa shape index (κ1) is 14.6. The van der Waals surface area contributed by atoms with Crippen molar-refractivity contribution in [2.24, 2.45) is 0 Å². The van der Waals surface area contributed by atoms with Crippen LogP contribution in [-0.4, -0.2) is 20.1 Å². The standard InChI is InChI=1S/C14H21N5O/c1-4-5-6-14-18-13(19-20-14)9-16-10(2)12-7-8-15-11(3)17-12/h7-8,10,16H,4-6,9H2,1-3H3. The van der Waals surface area contributed by atoms with E-state index in [1.54, 1.807) is 6.20 Å². The van der Waals surface area contributed by atoms with Crippen molar-refractivity contribution in [3.8, 4) is 0 Å². The Bertz CT molecular complexity index is 540. The van der Waals surface area contributed by atoms with Crippen molar-refractivity contribution in [1.82, 2.24) is 25.4 Å². The quantitative estimate of drug-likeness (QED) is 0.836. The van der Waals surface area contributed by atoms with E-state index in [-0.39, 0.29) is 6.04 Å². The minimum atomic E-state index is 0.120. The Kier molecular flexibility index (Phi) is 5.17. The largest absolute Gasteiger partial charge is 0.339 e. The Labute approximate surface area is 119 Å². The topological polar surface area (TPSA) is 76.7 Å². The smallest absolute Gasteiger partial charge is 0.226 e. The number of hydrogen-bond donors (Lipinski definition) is 1. The third kappa shape index (κ3) is 4.09. The summed E-state index contributed by atoms with van der Waals surface area (Å²) >= 11 is 0. The summed E-state index contributed by atoms with van der Waals surface area (Å²) in [4.78, 5) is 12.8. The van der Waals surface area contributed by atoms with Crippen LogP contribution in [-0.2, 0) is 13.0 Å². The minimum absolute atomic E-state index is 0.120. The third-order valence-corrected chi connectivity index (χ3v) is 3.06. The van der Waals surface area contributed by atoms with E-state index in [0.29, 0.717) is 18.3 Å². The van der Waals surface area contributed by atoms with E-state index in [0.717, 1.165) is 30.8 Å². The summed E-state index contributed by atoms with van der Waals surface area (Å²) in [5.41, 5.74) is 0.965. The molecule has 108 valence electrons. The normalized spacial score (nSPS) is 12.6. The van der Waals surface area contributed by atoms with E-state index in [1.807, 2.05) is 13.0 Å². The molecule has 6 heteroatoms. The van der Waals surface area contributed by atoms with Gasteiger partial charge in [0.1, 0.15) is 5.82 Å². The average molecular weight is 275 g/mol. The summed E-state index contributed by atoms with van der Waals surface area (Å²) in [7, 11) is 0. The van der Waals surface area contributed by atoms with E-state index in [4.69, 9.17) is 4.52 Å². The van der Waals surface area contributed by atoms with E-state index < -0.39 is 0 Å². The maximum Gasteiger partial charge on any atom is 0.226 e. The number of hydrogen-bond acceptors (Lipinski definition) is 6.